The number of carbonyl (C=O) groups excluding carboxylic acids is 1. The Morgan fingerprint density at radius 1 is 1.37 bits per heavy atom. The fourth-order valence-electron chi connectivity index (χ4n) is 1.94. The van der Waals surface area contributed by atoms with Crippen LogP contribution in [0.4, 0.5) is 10.5 Å². The number of benzene rings is 1. The SMILES string of the molecule is CC(NC(=O)Nc1ccccc1I)(C(=O)O)C1CC1. The molecule has 1 aliphatic carbocycles. The van der Waals surface area contributed by atoms with Gasteiger partial charge >= 0.3 is 12.0 Å². The van der Waals surface area contributed by atoms with Gasteiger partial charge in [0, 0.05) is 3.57 Å². The van der Waals surface area contributed by atoms with Gasteiger partial charge in [-0.25, -0.2) is 9.59 Å². The van der Waals surface area contributed by atoms with E-state index in [0.717, 1.165) is 16.4 Å². The minimum absolute atomic E-state index is 0.0191. The van der Waals surface area contributed by atoms with E-state index in [1.807, 2.05) is 18.2 Å². The molecule has 0 saturated heterocycles. The molecule has 6 heteroatoms. The van der Waals surface area contributed by atoms with Crippen molar-refractivity contribution in [2.45, 2.75) is 25.3 Å². The zero-order chi connectivity index (χ0) is 14.0. The van der Waals surface area contributed by atoms with Gasteiger partial charge in [0.1, 0.15) is 5.54 Å². The predicted octanol–water partition coefficient (Wildman–Crippen LogP) is 2.67. The molecule has 2 amide bonds. The molecule has 5 nitrogen and oxygen atoms in total. The van der Waals surface area contributed by atoms with E-state index in [1.54, 1.807) is 13.0 Å². The fourth-order valence-corrected chi connectivity index (χ4v) is 2.47. The first-order valence-electron chi connectivity index (χ1n) is 6.00. The van der Waals surface area contributed by atoms with Crippen LogP contribution in [-0.4, -0.2) is 22.6 Å². The third-order valence-corrected chi connectivity index (χ3v) is 4.27. The monoisotopic (exact) mass is 374 g/mol. The molecule has 2 rings (SSSR count). The largest absolute Gasteiger partial charge is 0.480 e. The summed E-state index contributed by atoms with van der Waals surface area (Å²) in [5.74, 6) is -0.974. The molecule has 1 unspecified atom stereocenters. The van der Waals surface area contributed by atoms with Gasteiger partial charge < -0.3 is 15.7 Å². The maximum absolute atomic E-state index is 11.9. The molecule has 0 heterocycles. The number of halogens is 1. The third-order valence-electron chi connectivity index (χ3n) is 3.33. The topological polar surface area (TPSA) is 78.4 Å². The molecule has 1 atom stereocenters. The van der Waals surface area contributed by atoms with Crippen molar-refractivity contribution >= 4 is 40.3 Å². The predicted molar refractivity (Wildman–Crippen MR) is 80.1 cm³/mol. The van der Waals surface area contributed by atoms with Gasteiger partial charge in [0.25, 0.3) is 0 Å². The van der Waals surface area contributed by atoms with Crippen molar-refractivity contribution < 1.29 is 14.7 Å². The first-order chi connectivity index (χ1) is 8.93. The van der Waals surface area contributed by atoms with Crippen molar-refractivity contribution in [3.8, 4) is 0 Å². The van der Waals surface area contributed by atoms with Crippen LogP contribution in [0.3, 0.4) is 0 Å². The average Bonchev–Trinajstić information content (AvgIpc) is 3.16. The number of rotatable bonds is 4. The molecule has 0 aliphatic heterocycles. The Kier molecular flexibility index (Phi) is 3.98. The van der Waals surface area contributed by atoms with Crippen molar-refractivity contribution in [2.24, 2.45) is 5.92 Å². The molecule has 0 spiro atoms. The number of amides is 2. The van der Waals surface area contributed by atoms with Crippen LogP contribution in [0.5, 0.6) is 0 Å². The van der Waals surface area contributed by atoms with Crippen LogP contribution in [0, 0.1) is 9.49 Å². The van der Waals surface area contributed by atoms with E-state index in [4.69, 9.17) is 0 Å². The smallest absolute Gasteiger partial charge is 0.329 e. The van der Waals surface area contributed by atoms with Crippen molar-refractivity contribution in [1.82, 2.24) is 5.32 Å². The molecule has 0 radical (unpaired) electrons. The summed E-state index contributed by atoms with van der Waals surface area (Å²) < 4.78 is 0.902. The van der Waals surface area contributed by atoms with Gasteiger partial charge in [-0.2, -0.15) is 0 Å². The van der Waals surface area contributed by atoms with Crippen LogP contribution < -0.4 is 10.6 Å². The molecule has 3 N–H and O–H groups in total. The molecule has 0 aromatic heterocycles. The highest BCUT2D eigenvalue weighted by atomic mass is 127. The van der Waals surface area contributed by atoms with E-state index in [-0.39, 0.29) is 5.92 Å². The lowest BCUT2D eigenvalue weighted by molar-refractivity contribution is -0.144. The highest BCUT2D eigenvalue weighted by Crippen LogP contribution is 2.39. The second-order valence-electron chi connectivity index (χ2n) is 4.84. The molecular formula is C13H15IN2O3. The van der Waals surface area contributed by atoms with Crippen molar-refractivity contribution in [3.05, 3.63) is 27.8 Å². The van der Waals surface area contributed by atoms with E-state index in [1.165, 1.54) is 0 Å². The van der Waals surface area contributed by atoms with Crippen LogP contribution in [0.1, 0.15) is 19.8 Å². The number of hydrogen-bond acceptors (Lipinski definition) is 2. The van der Waals surface area contributed by atoms with Crippen molar-refractivity contribution in [1.29, 1.82) is 0 Å². The normalized spacial score (nSPS) is 17.4. The average molecular weight is 374 g/mol. The maximum Gasteiger partial charge on any atom is 0.329 e. The van der Waals surface area contributed by atoms with E-state index in [2.05, 4.69) is 33.2 Å². The Labute approximate surface area is 124 Å². The van der Waals surface area contributed by atoms with Crippen molar-refractivity contribution in [3.63, 3.8) is 0 Å². The number of carboxylic acids is 1. The molecule has 1 aromatic rings. The zero-order valence-corrected chi connectivity index (χ0v) is 12.6. The fraction of sp³-hybridized carbons (Fsp3) is 0.385. The molecular weight excluding hydrogens is 359 g/mol. The summed E-state index contributed by atoms with van der Waals surface area (Å²) in [7, 11) is 0. The number of para-hydroxylation sites is 1. The Balaban J connectivity index is 2.05. The van der Waals surface area contributed by atoms with E-state index in [0.29, 0.717) is 5.69 Å². The summed E-state index contributed by atoms with van der Waals surface area (Å²) in [4.78, 5) is 23.2. The second-order valence-corrected chi connectivity index (χ2v) is 6.00. The summed E-state index contributed by atoms with van der Waals surface area (Å²) in [5.41, 5.74) is -0.520. The lowest BCUT2D eigenvalue weighted by Gasteiger charge is -2.26. The van der Waals surface area contributed by atoms with Gasteiger partial charge in [0.05, 0.1) is 5.69 Å². The highest BCUT2D eigenvalue weighted by Gasteiger charge is 2.48. The summed E-state index contributed by atoms with van der Waals surface area (Å²) in [6, 6.07) is 6.84. The van der Waals surface area contributed by atoms with Gasteiger partial charge in [-0.1, -0.05) is 12.1 Å². The van der Waals surface area contributed by atoms with Crippen LogP contribution in [0.15, 0.2) is 24.3 Å². The molecule has 1 aromatic carbocycles. The number of carbonyl (C=O) groups is 2. The summed E-state index contributed by atoms with van der Waals surface area (Å²) in [5, 5.41) is 14.5. The lowest BCUT2D eigenvalue weighted by Crippen LogP contribution is -2.55. The van der Waals surface area contributed by atoms with Gasteiger partial charge in [-0.3, -0.25) is 0 Å². The number of nitrogens with one attached hydrogen (secondary N) is 2. The Hall–Kier alpha value is -1.31. The van der Waals surface area contributed by atoms with Crippen molar-refractivity contribution in [2.75, 3.05) is 5.32 Å². The quantitative estimate of drug-likeness (QED) is 0.710. The molecule has 1 aliphatic rings. The molecule has 0 bridgehead atoms. The Morgan fingerprint density at radius 3 is 2.53 bits per heavy atom. The number of urea groups is 1. The Bertz CT molecular complexity index is 516. The van der Waals surface area contributed by atoms with Crippen LogP contribution in [-0.2, 0) is 4.79 Å². The number of carboxylic acid groups (broad SMARTS) is 1. The number of anilines is 1. The van der Waals surface area contributed by atoms with E-state index >= 15 is 0 Å². The minimum atomic E-state index is -1.19. The van der Waals surface area contributed by atoms with E-state index in [9.17, 15) is 14.7 Å². The molecule has 102 valence electrons. The minimum Gasteiger partial charge on any atom is -0.480 e. The second kappa shape index (κ2) is 5.36. The number of hydrogen-bond donors (Lipinski definition) is 3. The highest BCUT2D eigenvalue weighted by molar-refractivity contribution is 14.1. The van der Waals surface area contributed by atoms with Gasteiger partial charge in [0.2, 0.25) is 0 Å². The first-order valence-corrected chi connectivity index (χ1v) is 7.08. The summed E-state index contributed by atoms with van der Waals surface area (Å²) >= 11 is 2.11. The maximum atomic E-state index is 11.9. The van der Waals surface area contributed by atoms with Gasteiger partial charge in [-0.05, 0) is 60.4 Å². The van der Waals surface area contributed by atoms with Crippen LogP contribution in [0.25, 0.3) is 0 Å². The van der Waals surface area contributed by atoms with Gasteiger partial charge in [-0.15, -0.1) is 0 Å². The van der Waals surface area contributed by atoms with Gasteiger partial charge in [0.15, 0.2) is 0 Å². The standard InChI is InChI=1S/C13H15IN2O3/c1-13(11(17)18,8-6-7-8)16-12(19)15-10-5-3-2-4-9(10)14/h2-5,8H,6-7H2,1H3,(H,17,18)(H2,15,16,19). The summed E-state index contributed by atoms with van der Waals surface area (Å²) in [6.45, 7) is 1.56. The van der Waals surface area contributed by atoms with E-state index < -0.39 is 17.5 Å². The van der Waals surface area contributed by atoms with Crippen LogP contribution >= 0.6 is 22.6 Å². The Morgan fingerprint density at radius 2 is 2.00 bits per heavy atom. The first kappa shape index (κ1) is 14.1. The molecule has 19 heavy (non-hydrogen) atoms. The van der Waals surface area contributed by atoms with Crippen LogP contribution in [0.2, 0.25) is 0 Å². The zero-order valence-electron chi connectivity index (χ0n) is 10.4. The molecule has 1 fully saturated rings. The third kappa shape index (κ3) is 3.17. The summed E-state index contributed by atoms with van der Waals surface area (Å²) in [6.07, 6.45) is 1.68. The lowest BCUT2D eigenvalue weighted by atomic mass is 9.96. The molecule has 1 saturated carbocycles. The number of aliphatic carboxylic acids is 1.